The first kappa shape index (κ1) is 12.8. The Bertz CT molecular complexity index is 496. The average molecular weight is 262 g/mol. The van der Waals surface area contributed by atoms with Gasteiger partial charge in [-0.05, 0) is 42.7 Å². The largest absolute Gasteiger partial charge is 0.373 e. The van der Waals surface area contributed by atoms with Crippen LogP contribution < -0.4 is 10.6 Å². The maximum Gasteiger partial charge on any atom is 0.132 e. The first-order valence-corrected chi connectivity index (χ1v) is 6.92. The van der Waals surface area contributed by atoms with Gasteiger partial charge in [0, 0.05) is 19.2 Å². The molecule has 0 spiro atoms. The van der Waals surface area contributed by atoms with Gasteiger partial charge in [0.15, 0.2) is 0 Å². The van der Waals surface area contributed by atoms with Crippen molar-refractivity contribution in [3.63, 3.8) is 0 Å². The SMILES string of the molecule is CNc1cc(NC(C)Cc2ccsc2)nc(C)n1. The lowest BCUT2D eigenvalue weighted by Gasteiger charge is -2.14. The van der Waals surface area contributed by atoms with Crippen LogP contribution in [0.15, 0.2) is 22.9 Å². The molecule has 0 aromatic carbocycles. The summed E-state index contributed by atoms with van der Waals surface area (Å²) in [6, 6.07) is 4.43. The zero-order chi connectivity index (χ0) is 13.0. The molecule has 2 aromatic rings. The molecule has 2 aromatic heterocycles. The van der Waals surface area contributed by atoms with Gasteiger partial charge in [0.1, 0.15) is 17.5 Å². The Morgan fingerprint density at radius 2 is 2.11 bits per heavy atom. The van der Waals surface area contributed by atoms with E-state index in [1.807, 2.05) is 20.0 Å². The van der Waals surface area contributed by atoms with E-state index < -0.39 is 0 Å². The fourth-order valence-electron chi connectivity index (χ4n) is 1.84. The zero-order valence-corrected chi connectivity index (χ0v) is 11.7. The van der Waals surface area contributed by atoms with E-state index in [-0.39, 0.29) is 0 Å². The van der Waals surface area contributed by atoms with E-state index in [2.05, 4.69) is 44.4 Å². The molecule has 1 atom stereocenters. The Morgan fingerprint density at radius 1 is 1.33 bits per heavy atom. The Morgan fingerprint density at radius 3 is 2.78 bits per heavy atom. The number of aryl methyl sites for hydroxylation is 1. The molecular weight excluding hydrogens is 244 g/mol. The molecule has 96 valence electrons. The highest BCUT2D eigenvalue weighted by atomic mass is 32.1. The van der Waals surface area contributed by atoms with E-state index in [1.165, 1.54) is 5.56 Å². The molecule has 5 heteroatoms. The second kappa shape index (κ2) is 5.82. The van der Waals surface area contributed by atoms with Crippen molar-refractivity contribution in [1.82, 2.24) is 9.97 Å². The number of aromatic nitrogens is 2. The molecular formula is C13H18N4S. The summed E-state index contributed by atoms with van der Waals surface area (Å²) in [5.41, 5.74) is 1.36. The molecule has 2 N–H and O–H groups in total. The summed E-state index contributed by atoms with van der Waals surface area (Å²) in [5.74, 6) is 2.48. The molecule has 0 aliphatic rings. The minimum absolute atomic E-state index is 0.346. The zero-order valence-electron chi connectivity index (χ0n) is 10.9. The second-order valence-corrected chi connectivity index (χ2v) is 5.10. The van der Waals surface area contributed by atoms with Gasteiger partial charge in [-0.15, -0.1) is 0 Å². The van der Waals surface area contributed by atoms with Crippen LogP contribution in [0.1, 0.15) is 18.3 Å². The van der Waals surface area contributed by atoms with Crippen LogP contribution in [-0.4, -0.2) is 23.1 Å². The number of nitrogens with one attached hydrogen (secondary N) is 2. The number of nitrogens with zero attached hydrogens (tertiary/aromatic N) is 2. The summed E-state index contributed by atoms with van der Waals surface area (Å²) in [6.45, 7) is 4.06. The predicted molar refractivity (Wildman–Crippen MR) is 77.4 cm³/mol. The van der Waals surface area contributed by atoms with E-state index in [4.69, 9.17) is 0 Å². The molecule has 0 aliphatic heterocycles. The van der Waals surface area contributed by atoms with Crippen molar-refractivity contribution in [3.8, 4) is 0 Å². The van der Waals surface area contributed by atoms with Crippen LogP contribution in [0.25, 0.3) is 0 Å². The second-order valence-electron chi connectivity index (χ2n) is 4.32. The number of hydrogen-bond donors (Lipinski definition) is 2. The molecule has 18 heavy (non-hydrogen) atoms. The lowest BCUT2D eigenvalue weighted by molar-refractivity contribution is 0.784. The molecule has 4 nitrogen and oxygen atoms in total. The van der Waals surface area contributed by atoms with Crippen LogP contribution >= 0.6 is 11.3 Å². The quantitative estimate of drug-likeness (QED) is 0.870. The van der Waals surface area contributed by atoms with Gasteiger partial charge >= 0.3 is 0 Å². The van der Waals surface area contributed by atoms with Crippen LogP contribution in [0, 0.1) is 6.92 Å². The van der Waals surface area contributed by atoms with E-state index in [9.17, 15) is 0 Å². The molecule has 0 fully saturated rings. The van der Waals surface area contributed by atoms with Crippen molar-refractivity contribution in [2.75, 3.05) is 17.7 Å². The molecule has 0 saturated heterocycles. The monoisotopic (exact) mass is 262 g/mol. The Labute approximate surface area is 111 Å². The Balaban J connectivity index is 2.02. The first-order chi connectivity index (χ1) is 8.67. The van der Waals surface area contributed by atoms with Gasteiger partial charge in [0.2, 0.25) is 0 Å². The molecule has 0 saturated carbocycles. The van der Waals surface area contributed by atoms with E-state index in [0.29, 0.717) is 6.04 Å². The Hall–Kier alpha value is -1.62. The third-order valence-corrected chi connectivity index (χ3v) is 3.34. The smallest absolute Gasteiger partial charge is 0.132 e. The van der Waals surface area contributed by atoms with Crippen LogP contribution in [0.2, 0.25) is 0 Å². The molecule has 0 bridgehead atoms. The summed E-state index contributed by atoms with van der Waals surface area (Å²) in [4.78, 5) is 8.67. The summed E-state index contributed by atoms with van der Waals surface area (Å²) in [7, 11) is 1.86. The van der Waals surface area contributed by atoms with E-state index in [1.54, 1.807) is 11.3 Å². The summed E-state index contributed by atoms with van der Waals surface area (Å²) in [6.07, 6.45) is 1.00. The standard InChI is InChI=1S/C13H18N4S/c1-9(6-11-4-5-18-8-11)15-13-7-12(14-3)16-10(2)17-13/h4-5,7-9H,6H2,1-3H3,(H2,14,15,16,17). The third kappa shape index (κ3) is 3.43. The van der Waals surface area contributed by atoms with Gasteiger partial charge in [0.05, 0.1) is 0 Å². The van der Waals surface area contributed by atoms with Crippen molar-refractivity contribution in [2.45, 2.75) is 26.3 Å². The van der Waals surface area contributed by atoms with Crippen LogP contribution in [0.3, 0.4) is 0 Å². The van der Waals surface area contributed by atoms with Gasteiger partial charge in [-0.25, -0.2) is 9.97 Å². The minimum atomic E-state index is 0.346. The van der Waals surface area contributed by atoms with Crippen molar-refractivity contribution in [1.29, 1.82) is 0 Å². The maximum absolute atomic E-state index is 4.39. The average Bonchev–Trinajstić information content (AvgIpc) is 2.80. The molecule has 2 rings (SSSR count). The van der Waals surface area contributed by atoms with Crippen LogP contribution in [0.4, 0.5) is 11.6 Å². The lowest BCUT2D eigenvalue weighted by Crippen LogP contribution is -2.19. The molecule has 2 heterocycles. The normalized spacial score (nSPS) is 12.2. The van der Waals surface area contributed by atoms with Crippen LogP contribution in [0.5, 0.6) is 0 Å². The molecule has 0 amide bonds. The predicted octanol–water partition coefficient (Wildman–Crippen LogP) is 2.93. The topological polar surface area (TPSA) is 49.8 Å². The molecule has 1 unspecified atom stereocenters. The summed E-state index contributed by atoms with van der Waals surface area (Å²) in [5, 5.41) is 10.7. The Kier molecular flexibility index (Phi) is 4.15. The fourth-order valence-corrected chi connectivity index (χ4v) is 2.52. The number of rotatable bonds is 5. The number of anilines is 2. The van der Waals surface area contributed by atoms with Crippen molar-refractivity contribution < 1.29 is 0 Å². The van der Waals surface area contributed by atoms with Gasteiger partial charge < -0.3 is 10.6 Å². The van der Waals surface area contributed by atoms with Crippen LogP contribution in [-0.2, 0) is 6.42 Å². The van der Waals surface area contributed by atoms with Crippen molar-refractivity contribution in [2.24, 2.45) is 0 Å². The lowest BCUT2D eigenvalue weighted by atomic mass is 10.1. The highest BCUT2D eigenvalue weighted by Crippen LogP contribution is 2.14. The third-order valence-electron chi connectivity index (χ3n) is 2.61. The fraction of sp³-hybridized carbons (Fsp3) is 0.385. The first-order valence-electron chi connectivity index (χ1n) is 5.98. The van der Waals surface area contributed by atoms with Crippen molar-refractivity contribution in [3.05, 3.63) is 34.3 Å². The molecule has 0 radical (unpaired) electrons. The van der Waals surface area contributed by atoms with E-state index >= 15 is 0 Å². The number of thiophene rings is 1. The maximum atomic E-state index is 4.39. The van der Waals surface area contributed by atoms with E-state index in [0.717, 1.165) is 23.9 Å². The van der Waals surface area contributed by atoms with Gasteiger partial charge in [-0.1, -0.05) is 0 Å². The number of hydrogen-bond acceptors (Lipinski definition) is 5. The highest BCUT2D eigenvalue weighted by Gasteiger charge is 2.06. The highest BCUT2D eigenvalue weighted by molar-refractivity contribution is 7.07. The minimum Gasteiger partial charge on any atom is -0.373 e. The van der Waals surface area contributed by atoms with Gasteiger partial charge in [0.25, 0.3) is 0 Å². The summed E-state index contributed by atoms with van der Waals surface area (Å²) < 4.78 is 0. The summed E-state index contributed by atoms with van der Waals surface area (Å²) >= 11 is 1.73. The van der Waals surface area contributed by atoms with Crippen molar-refractivity contribution >= 4 is 23.0 Å². The molecule has 0 aliphatic carbocycles. The van der Waals surface area contributed by atoms with Gasteiger partial charge in [-0.2, -0.15) is 11.3 Å². The van der Waals surface area contributed by atoms with Gasteiger partial charge in [-0.3, -0.25) is 0 Å².